The quantitative estimate of drug-likeness (QED) is 0.549. The van der Waals surface area contributed by atoms with Gasteiger partial charge in [-0.2, -0.15) is 0 Å². The SMILES string of the molecule is CCn1nnnc1CCCC(=S)N(C)C1CCC(OC(C)=O)CC1. The normalized spacial score (nSPS) is 20.6. The second kappa shape index (κ2) is 9.05. The Bertz CT molecular complexity index is 554. The molecule has 0 amide bonds. The first kappa shape index (κ1) is 18.8. The van der Waals surface area contributed by atoms with Crippen molar-refractivity contribution in [2.24, 2.45) is 0 Å². The van der Waals surface area contributed by atoms with Crippen LogP contribution < -0.4 is 0 Å². The Balaban J connectivity index is 1.71. The van der Waals surface area contributed by atoms with E-state index in [0.717, 1.165) is 62.3 Å². The predicted octanol–water partition coefficient (Wildman–Crippen LogP) is 2.15. The molecule has 7 nitrogen and oxygen atoms in total. The monoisotopic (exact) mass is 353 g/mol. The summed E-state index contributed by atoms with van der Waals surface area (Å²) in [6.45, 7) is 4.30. The van der Waals surface area contributed by atoms with E-state index in [-0.39, 0.29) is 12.1 Å². The van der Waals surface area contributed by atoms with E-state index in [4.69, 9.17) is 17.0 Å². The van der Waals surface area contributed by atoms with Crippen molar-refractivity contribution < 1.29 is 9.53 Å². The highest BCUT2D eigenvalue weighted by Gasteiger charge is 2.26. The van der Waals surface area contributed by atoms with Crippen LogP contribution in [0.2, 0.25) is 0 Å². The maximum absolute atomic E-state index is 11.0. The lowest BCUT2D eigenvalue weighted by atomic mass is 9.92. The van der Waals surface area contributed by atoms with Crippen LogP contribution in [-0.2, 0) is 22.5 Å². The third-order valence-electron chi connectivity index (χ3n) is 4.61. The number of carbonyl (C=O) groups is 1. The van der Waals surface area contributed by atoms with Gasteiger partial charge >= 0.3 is 5.97 Å². The summed E-state index contributed by atoms with van der Waals surface area (Å²) in [7, 11) is 2.08. The molecule has 1 aliphatic carbocycles. The number of aromatic nitrogens is 4. The summed E-state index contributed by atoms with van der Waals surface area (Å²) >= 11 is 5.60. The molecule has 2 rings (SSSR count). The van der Waals surface area contributed by atoms with Crippen molar-refractivity contribution in [3.63, 3.8) is 0 Å². The molecule has 1 fully saturated rings. The van der Waals surface area contributed by atoms with Gasteiger partial charge < -0.3 is 9.64 Å². The van der Waals surface area contributed by atoms with Crippen molar-refractivity contribution in [3.05, 3.63) is 5.82 Å². The van der Waals surface area contributed by atoms with Gasteiger partial charge in [0.25, 0.3) is 0 Å². The van der Waals surface area contributed by atoms with Gasteiger partial charge in [0.05, 0.1) is 4.99 Å². The minimum absolute atomic E-state index is 0.0774. The first-order chi connectivity index (χ1) is 11.5. The van der Waals surface area contributed by atoms with Gasteiger partial charge in [0.1, 0.15) is 6.10 Å². The van der Waals surface area contributed by atoms with Gasteiger partial charge in [-0.15, -0.1) is 5.10 Å². The smallest absolute Gasteiger partial charge is 0.302 e. The number of rotatable bonds is 7. The number of ether oxygens (including phenoxy) is 1. The van der Waals surface area contributed by atoms with Gasteiger partial charge in [0, 0.05) is 33.0 Å². The Kier molecular flexibility index (Phi) is 7.08. The molecule has 0 bridgehead atoms. The average Bonchev–Trinajstić information content (AvgIpc) is 3.01. The third kappa shape index (κ3) is 5.22. The molecular weight excluding hydrogens is 326 g/mol. The Morgan fingerprint density at radius 3 is 2.71 bits per heavy atom. The standard InChI is InChI=1S/C16H27N5O2S/c1-4-21-15(17-18-19-21)6-5-7-16(24)20(3)13-8-10-14(11-9-13)23-12(2)22/h13-14H,4-11H2,1-3H3. The molecule has 0 aliphatic heterocycles. The molecule has 24 heavy (non-hydrogen) atoms. The van der Waals surface area contributed by atoms with Crippen LogP contribution in [0.5, 0.6) is 0 Å². The fraction of sp³-hybridized carbons (Fsp3) is 0.812. The molecule has 1 aromatic rings. The number of thiocarbonyl (C=S) groups is 1. The van der Waals surface area contributed by atoms with E-state index in [1.807, 2.05) is 11.6 Å². The topological polar surface area (TPSA) is 73.1 Å². The Hall–Kier alpha value is -1.57. The minimum Gasteiger partial charge on any atom is -0.463 e. The number of tetrazole rings is 1. The Labute approximate surface area is 148 Å². The summed E-state index contributed by atoms with van der Waals surface area (Å²) in [5.74, 6) is 0.738. The maximum Gasteiger partial charge on any atom is 0.302 e. The van der Waals surface area contributed by atoms with Crippen molar-refractivity contribution >= 4 is 23.2 Å². The van der Waals surface area contributed by atoms with E-state index >= 15 is 0 Å². The average molecular weight is 353 g/mol. The van der Waals surface area contributed by atoms with Crippen LogP contribution in [0.4, 0.5) is 0 Å². The summed E-state index contributed by atoms with van der Waals surface area (Å²) in [6.07, 6.45) is 6.61. The predicted molar refractivity (Wildman–Crippen MR) is 94.6 cm³/mol. The molecule has 0 saturated heterocycles. The highest BCUT2D eigenvalue weighted by atomic mass is 32.1. The van der Waals surface area contributed by atoms with Crippen molar-refractivity contribution in [2.45, 2.75) is 77.5 Å². The molecule has 1 aliphatic rings. The van der Waals surface area contributed by atoms with Crippen molar-refractivity contribution in [1.82, 2.24) is 25.1 Å². The largest absolute Gasteiger partial charge is 0.463 e. The summed E-state index contributed by atoms with van der Waals surface area (Å²) in [6, 6.07) is 0.449. The molecule has 1 heterocycles. The van der Waals surface area contributed by atoms with E-state index in [9.17, 15) is 4.79 Å². The van der Waals surface area contributed by atoms with Crippen molar-refractivity contribution in [2.75, 3.05) is 7.05 Å². The summed E-state index contributed by atoms with van der Waals surface area (Å²) in [5, 5.41) is 11.7. The van der Waals surface area contributed by atoms with Gasteiger partial charge in [-0.25, -0.2) is 4.68 Å². The zero-order valence-electron chi connectivity index (χ0n) is 14.8. The Morgan fingerprint density at radius 1 is 1.38 bits per heavy atom. The van der Waals surface area contributed by atoms with E-state index in [0.29, 0.717) is 6.04 Å². The molecular formula is C16H27N5O2S. The number of hydrogen-bond acceptors (Lipinski definition) is 6. The van der Waals surface area contributed by atoms with Crippen LogP contribution in [0.3, 0.4) is 0 Å². The van der Waals surface area contributed by atoms with Crippen LogP contribution in [0.25, 0.3) is 0 Å². The number of hydrogen-bond donors (Lipinski definition) is 0. The van der Waals surface area contributed by atoms with E-state index < -0.39 is 0 Å². The molecule has 0 N–H and O–H groups in total. The summed E-state index contributed by atoms with van der Waals surface area (Å²) in [4.78, 5) is 14.2. The zero-order valence-corrected chi connectivity index (χ0v) is 15.6. The molecule has 0 radical (unpaired) electrons. The Morgan fingerprint density at radius 2 is 2.08 bits per heavy atom. The summed E-state index contributed by atoms with van der Waals surface area (Å²) < 4.78 is 7.12. The van der Waals surface area contributed by atoms with E-state index in [1.54, 1.807) is 0 Å². The molecule has 0 unspecified atom stereocenters. The molecule has 0 spiro atoms. The molecule has 134 valence electrons. The van der Waals surface area contributed by atoms with Crippen LogP contribution in [0.15, 0.2) is 0 Å². The highest BCUT2D eigenvalue weighted by Crippen LogP contribution is 2.25. The van der Waals surface area contributed by atoms with Gasteiger partial charge in [0.2, 0.25) is 0 Å². The lowest BCUT2D eigenvalue weighted by Gasteiger charge is -2.35. The molecule has 8 heteroatoms. The maximum atomic E-state index is 11.0. The minimum atomic E-state index is -0.184. The van der Waals surface area contributed by atoms with Gasteiger partial charge in [0.15, 0.2) is 5.82 Å². The number of esters is 1. The molecule has 1 saturated carbocycles. The second-order valence-electron chi connectivity index (χ2n) is 6.31. The molecule has 0 aromatic carbocycles. The van der Waals surface area contributed by atoms with Crippen LogP contribution in [-0.4, -0.2) is 55.3 Å². The van der Waals surface area contributed by atoms with E-state index in [2.05, 4.69) is 27.5 Å². The second-order valence-corrected chi connectivity index (χ2v) is 6.78. The highest BCUT2D eigenvalue weighted by molar-refractivity contribution is 7.80. The third-order valence-corrected chi connectivity index (χ3v) is 5.11. The fourth-order valence-corrected chi connectivity index (χ4v) is 3.50. The first-order valence-electron chi connectivity index (χ1n) is 8.69. The van der Waals surface area contributed by atoms with Crippen LogP contribution in [0, 0.1) is 0 Å². The van der Waals surface area contributed by atoms with Gasteiger partial charge in [-0.3, -0.25) is 4.79 Å². The summed E-state index contributed by atoms with van der Waals surface area (Å²) in [5.41, 5.74) is 0. The number of nitrogens with zero attached hydrogens (tertiary/aromatic N) is 5. The zero-order chi connectivity index (χ0) is 17.5. The first-order valence-corrected chi connectivity index (χ1v) is 9.10. The van der Waals surface area contributed by atoms with Crippen LogP contribution in [0.1, 0.15) is 58.2 Å². The number of carbonyl (C=O) groups excluding carboxylic acids is 1. The van der Waals surface area contributed by atoms with Crippen LogP contribution >= 0.6 is 12.2 Å². The van der Waals surface area contributed by atoms with Crippen molar-refractivity contribution in [1.29, 1.82) is 0 Å². The number of aryl methyl sites for hydroxylation is 2. The lowest BCUT2D eigenvalue weighted by molar-refractivity contribution is -0.148. The van der Waals surface area contributed by atoms with E-state index in [1.165, 1.54) is 6.92 Å². The molecule has 1 aromatic heterocycles. The molecule has 0 atom stereocenters. The lowest BCUT2D eigenvalue weighted by Crippen LogP contribution is -2.40. The van der Waals surface area contributed by atoms with Gasteiger partial charge in [-0.05, 0) is 55.9 Å². The van der Waals surface area contributed by atoms with Gasteiger partial charge in [-0.1, -0.05) is 12.2 Å². The fourth-order valence-electron chi connectivity index (χ4n) is 3.21. The van der Waals surface area contributed by atoms with Crippen molar-refractivity contribution in [3.8, 4) is 0 Å².